The lowest BCUT2D eigenvalue weighted by molar-refractivity contribution is 0.161. The molecule has 0 saturated carbocycles. The molecule has 0 aliphatic heterocycles. The lowest BCUT2D eigenvalue weighted by atomic mass is 10.2. The van der Waals surface area contributed by atoms with Gasteiger partial charge in [-0.1, -0.05) is 0 Å². The van der Waals surface area contributed by atoms with Crippen LogP contribution >= 0.6 is 0 Å². The molecule has 1 rings (SSSR count). The summed E-state index contributed by atoms with van der Waals surface area (Å²) in [4.78, 5) is 2.26. The van der Waals surface area contributed by atoms with Crippen molar-refractivity contribution in [2.24, 2.45) is 0 Å². The predicted molar refractivity (Wildman–Crippen MR) is 69.1 cm³/mol. The van der Waals surface area contributed by atoms with Gasteiger partial charge in [0.05, 0.1) is 12.3 Å². The van der Waals surface area contributed by atoms with Crippen molar-refractivity contribution in [1.82, 2.24) is 20.4 Å². The number of rotatable bonds is 8. The summed E-state index contributed by atoms with van der Waals surface area (Å²) in [5.41, 5.74) is 3.52. The standard InChI is InChI=1S/C12H24N4O/c1-10-12(11(2)15-14-10)9-13-5-6-16(3)7-8-17-4/h13H,5-9H2,1-4H3,(H,14,15). The first kappa shape index (κ1) is 14.2. The maximum atomic E-state index is 5.03. The second-order valence-corrected chi connectivity index (χ2v) is 4.39. The molecule has 0 unspecified atom stereocenters. The van der Waals surface area contributed by atoms with Gasteiger partial charge in [-0.25, -0.2) is 0 Å². The molecule has 0 saturated heterocycles. The number of aromatic nitrogens is 2. The van der Waals surface area contributed by atoms with E-state index in [9.17, 15) is 0 Å². The highest BCUT2D eigenvalue weighted by Gasteiger charge is 2.05. The van der Waals surface area contributed by atoms with Crippen LogP contribution in [-0.4, -0.2) is 55.5 Å². The number of aromatic amines is 1. The molecule has 2 N–H and O–H groups in total. The summed E-state index contributed by atoms with van der Waals surface area (Å²) in [6.45, 7) is 8.74. The summed E-state index contributed by atoms with van der Waals surface area (Å²) in [5, 5.41) is 10.6. The molecule has 0 radical (unpaired) electrons. The van der Waals surface area contributed by atoms with Gasteiger partial charge in [0.15, 0.2) is 0 Å². The molecule has 98 valence electrons. The van der Waals surface area contributed by atoms with Crippen LogP contribution in [0.2, 0.25) is 0 Å². The van der Waals surface area contributed by atoms with Crippen molar-refractivity contribution in [2.45, 2.75) is 20.4 Å². The van der Waals surface area contributed by atoms with Crippen LogP contribution in [0, 0.1) is 13.8 Å². The average Bonchev–Trinajstić information content (AvgIpc) is 2.62. The molecule has 0 amide bonds. The summed E-state index contributed by atoms with van der Waals surface area (Å²) in [7, 11) is 3.84. The third kappa shape index (κ3) is 4.85. The van der Waals surface area contributed by atoms with Crippen molar-refractivity contribution < 1.29 is 4.74 Å². The topological polar surface area (TPSA) is 53.2 Å². The third-order valence-electron chi connectivity index (χ3n) is 2.93. The van der Waals surface area contributed by atoms with Crippen LogP contribution in [0.5, 0.6) is 0 Å². The number of aryl methyl sites for hydroxylation is 2. The Morgan fingerprint density at radius 1 is 1.35 bits per heavy atom. The lowest BCUT2D eigenvalue weighted by Gasteiger charge is -2.16. The van der Waals surface area contributed by atoms with Gasteiger partial charge < -0.3 is 15.0 Å². The Labute approximate surface area is 104 Å². The number of nitrogens with zero attached hydrogens (tertiary/aromatic N) is 2. The van der Waals surface area contributed by atoms with E-state index in [-0.39, 0.29) is 0 Å². The first-order valence-corrected chi connectivity index (χ1v) is 6.03. The predicted octanol–water partition coefficient (Wildman–Crippen LogP) is 0.694. The number of nitrogens with one attached hydrogen (secondary N) is 2. The van der Waals surface area contributed by atoms with Crippen molar-refractivity contribution >= 4 is 0 Å². The Kier molecular flexibility index (Phi) is 6.18. The van der Waals surface area contributed by atoms with Crippen molar-refractivity contribution in [2.75, 3.05) is 40.4 Å². The molecule has 0 spiro atoms. The van der Waals surface area contributed by atoms with Crippen molar-refractivity contribution in [1.29, 1.82) is 0 Å². The van der Waals surface area contributed by atoms with Crippen LogP contribution in [0.1, 0.15) is 17.0 Å². The van der Waals surface area contributed by atoms with Crippen LogP contribution < -0.4 is 5.32 Å². The Morgan fingerprint density at radius 3 is 2.71 bits per heavy atom. The molecule has 17 heavy (non-hydrogen) atoms. The van der Waals surface area contributed by atoms with Gasteiger partial charge in [-0.05, 0) is 20.9 Å². The van der Waals surface area contributed by atoms with Crippen LogP contribution in [0.25, 0.3) is 0 Å². The number of ether oxygens (including phenoxy) is 1. The maximum absolute atomic E-state index is 5.03. The van der Waals surface area contributed by atoms with Gasteiger partial charge in [0.1, 0.15) is 0 Å². The van der Waals surface area contributed by atoms with Crippen LogP contribution in [0.3, 0.4) is 0 Å². The molecule has 0 aliphatic rings. The first-order valence-electron chi connectivity index (χ1n) is 6.03. The summed E-state index contributed by atoms with van der Waals surface area (Å²) in [6.07, 6.45) is 0. The Balaban J connectivity index is 2.16. The van der Waals surface area contributed by atoms with Crippen LogP contribution in [0.15, 0.2) is 0 Å². The quantitative estimate of drug-likeness (QED) is 0.657. The zero-order valence-corrected chi connectivity index (χ0v) is 11.3. The second kappa shape index (κ2) is 7.42. The molecular formula is C12H24N4O. The first-order chi connectivity index (χ1) is 8.15. The fraction of sp³-hybridized carbons (Fsp3) is 0.750. The van der Waals surface area contributed by atoms with Gasteiger partial charge >= 0.3 is 0 Å². The molecular weight excluding hydrogens is 216 g/mol. The molecule has 0 aromatic carbocycles. The minimum Gasteiger partial charge on any atom is -0.383 e. The van der Waals surface area contributed by atoms with Gasteiger partial charge in [0, 0.05) is 44.5 Å². The van der Waals surface area contributed by atoms with E-state index < -0.39 is 0 Å². The number of hydrogen-bond donors (Lipinski definition) is 2. The zero-order chi connectivity index (χ0) is 12.7. The highest BCUT2D eigenvalue weighted by atomic mass is 16.5. The van der Waals surface area contributed by atoms with Gasteiger partial charge in [0.2, 0.25) is 0 Å². The summed E-state index contributed by atoms with van der Waals surface area (Å²) in [5.74, 6) is 0. The number of H-pyrrole nitrogens is 1. The fourth-order valence-electron chi connectivity index (χ4n) is 1.68. The van der Waals surface area contributed by atoms with Gasteiger partial charge in [-0.3, -0.25) is 5.10 Å². The fourth-order valence-corrected chi connectivity index (χ4v) is 1.68. The smallest absolute Gasteiger partial charge is 0.0638 e. The highest BCUT2D eigenvalue weighted by molar-refractivity contribution is 5.22. The third-order valence-corrected chi connectivity index (χ3v) is 2.93. The average molecular weight is 240 g/mol. The molecule has 1 heterocycles. The van der Waals surface area contributed by atoms with Crippen molar-refractivity contribution in [3.8, 4) is 0 Å². The summed E-state index contributed by atoms with van der Waals surface area (Å²) < 4.78 is 5.03. The molecule has 5 nitrogen and oxygen atoms in total. The summed E-state index contributed by atoms with van der Waals surface area (Å²) in [6, 6.07) is 0. The van der Waals surface area contributed by atoms with E-state index in [4.69, 9.17) is 4.74 Å². The molecule has 5 heteroatoms. The van der Waals surface area contributed by atoms with E-state index in [0.29, 0.717) is 0 Å². The SMILES string of the molecule is COCCN(C)CCNCc1c(C)n[nH]c1C. The van der Waals surface area contributed by atoms with Crippen LogP contribution in [0.4, 0.5) is 0 Å². The maximum Gasteiger partial charge on any atom is 0.0638 e. The lowest BCUT2D eigenvalue weighted by Crippen LogP contribution is -2.31. The van der Waals surface area contributed by atoms with Gasteiger partial charge in [-0.15, -0.1) is 0 Å². The molecule has 0 atom stereocenters. The minimum atomic E-state index is 0.788. The molecule has 1 aromatic heterocycles. The number of hydrogen-bond acceptors (Lipinski definition) is 4. The Hall–Kier alpha value is -0.910. The molecule has 0 fully saturated rings. The van der Waals surface area contributed by atoms with Crippen LogP contribution in [-0.2, 0) is 11.3 Å². The second-order valence-electron chi connectivity index (χ2n) is 4.39. The van der Waals surface area contributed by atoms with E-state index in [2.05, 4.69) is 34.4 Å². The van der Waals surface area contributed by atoms with Gasteiger partial charge in [-0.2, -0.15) is 5.10 Å². The zero-order valence-electron chi connectivity index (χ0n) is 11.3. The van der Waals surface area contributed by atoms with Crippen molar-refractivity contribution in [3.05, 3.63) is 17.0 Å². The van der Waals surface area contributed by atoms with E-state index in [0.717, 1.165) is 44.2 Å². The highest BCUT2D eigenvalue weighted by Crippen LogP contribution is 2.07. The van der Waals surface area contributed by atoms with E-state index in [1.807, 2.05) is 6.92 Å². The van der Waals surface area contributed by atoms with E-state index in [1.54, 1.807) is 7.11 Å². The normalized spacial score (nSPS) is 11.4. The largest absolute Gasteiger partial charge is 0.383 e. The Morgan fingerprint density at radius 2 is 2.12 bits per heavy atom. The molecule has 0 bridgehead atoms. The van der Waals surface area contributed by atoms with E-state index in [1.165, 1.54) is 5.56 Å². The Bertz CT molecular complexity index is 305. The molecule has 0 aliphatic carbocycles. The van der Waals surface area contributed by atoms with Gasteiger partial charge in [0.25, 0.3) is 0 Å². The minimum absolute atomic E-state index is 0.788. The molecule has 1 aromatic rings. The number of methoxy groups -OCH3 is 1. The summed E-state index contributed by atoms with van der Waals surface area (Å²) >= 11 is 0. The number of likely N-dealkylation sites (N-methyl/N-ethyl adjacent to an activating group) is 1. The monoisotopic (exact) mass is 240 g/mol. The van der Waals surface area contributed by atoms with Crippen molar-refractivity contribution in [3.63, 3.8) is 0 Å². The van der Waals surface area contributed by atoms with E-state index >= 15 is 0 Å².